The van der Waals surface area contributed by atoms with Crippen LogP contribution in [0.25, 0.3) is 0 Å². The van der Waals surface area contributed by atoms with Crippen LogP contribution in [-0.4, -0.2) is 36.3 Å². The first-order valence-corrected chi connectivity index (χ1v) is 6.39. The first-order chi connectivity index (χ1) is 9.54. The Morgan fingerprint density at radius 3 is 2.90 bits per heavy atom. The van der Waals surface area contributed by atoms with E-state index in [9.17, 15) is 14.4 Å². The van der Waals surface area contributed by atoms with Gasteiger partial charge in [0.05, 0.1) is 11.5 Å². The molecule has 0 aliphatic carbocycles. The molecule has 2 heterocycles. The molecule has 0 bridgehead atoms. The molecular formula is C14H14N2O4. The minimum atomic E-state index is -0.333. The lowest BCUT2D eigenvalue weighted by Gasteiger charge is -2.11. The van der Waals surface area contributed by atoms with Crippen molar-refractivity contribution in [2.24, 2.45) is 5.92 Å². The van der Waals surface area contributed by atoms with Gasteiger partial charge < -0.3 is 15.0 Å². The number of hydrogen-bond donors (Lipinski definition) is 1. The van der Waals surface area contributed by atoms with E-state index >= 15 is 0 Å². The minimum absolute atomic E-state index is 0.0156. The largest absolute Gasteiger partial charge is 0.457 e. The molecular weight excluding hydrogens is 260 g/mol. The summed E-state index contributed by atoms with van der Waals surface area (Å²) in [6.07, 6.45) is 0.245. The van der Waals surface area contributed by atoms with Gasteiger partial charge in [-0.05, 0) is 18.2 Å². The van der Waals surface area contributed by atoms with Gasteiger partial charge in [-0.3, -0.25) is 9.59 Å². The summed E-state index contributed by atoms with van der Waals surface area (Å²) >= 11 is 0. The summed E-state index contributed by atoms with van der Waals surface area (Å²) in [5, 5.41) is 2.78. The summed E-state index contributed by atoms with van der Waals surface area (Å²) in [6, 6.07) is 5.05. The normalized spacial score (nSPS) is 20.9. The number of anilines is 1. The molecule has 0 spiro atoms. The molecule has 1 aromatic carbocycles. The van der Waals surface area contributed by atoms with Crippen LogP contribution in [0.1, 0.15) is 22.3 Å². The van der Waals surface area contributed by atoms with E-state index in [0.29, 0.717) is 17.8 Å². The highest BCUT2D eigenvalue weighted by atomic mass is 16.5. The van der Waals surface area contributed by atoms with Crippen molar-refractivity contribution >= 4 is 23.5 Å². The van der Waals surface area contributed by atoms with Gasteiger partial charge >= 0.3 is 5.97 Å². The topological polar surface area (TPSA) is 75.7 Å². The number of nitrogens with zero attached hydrogens (tertiary/aromatic N) is 1. The van der Waals surface area contributed by atoms with Crippen LogP contribution >= 0.6 is 0 Å². The number of cyclic esters (lactones) is 1. The molecule has 0 saturated carbocycles. The fourth-order valence-electron chi connectivity index (χ4n) is 2.49. The molecule has 0 radical (unpaired) electrons. The van der Waals surface area contributed by atoms with Crippen molar-refractivity contribution in [3.05, 3.63) is 29.3 Å². The molecule has 0 unspecified atom stereocenters. The molecule has 2 aliphatic rings. The van der Waals surface area contributed by atoms with E-state index in [1.165, 1.54) is 0 Å². The lowest BCUT2D eigenvalue weighted by molar-refractivity contribution is -0.127. The van der Waals surface area contributed by atoms with Crippen molar-refractivity contribution in [1.29, 1.82) is 0 Å². The van der Waals surface area contributed by atoms with Gasteiger partial charge in [-0.2, -0.15) is 0 Å². The van der Waals surface area contributed by atoms with Crippen LogP contribution in [0.15, 0.2) is 18.2 Å². The summed E-state index contributed by atoms with van der Waals surface area (Å²) in [4.78, 5) is 36.4. The monoisotopic (exact) mass is 274 g/mol. The predicted octanol–water partition coefficient (Wildman–Crippen LogP) is 0.774. The first-order valence-electron chi connectivity index (χ1n) is 6.39. The smallest absolute Gasteiger partial charge is 0.338 e. The van der Waals surface area contributed by atoms with Gasteiger partial charge in [0.1, 0.15) is 6.61 Å². The molecule has 6 heteroatoms. The highest BCUT2D eigenvalue weighted by molar-refractivity contribution is 5.98. The van der Waals surface area contributed by atoms with Crippen molar-refractivity contribution in [1.82, 2.24) is 4.90 Å². The zero-order valence-electron chi connectivity index (χ0n) is 11.0. The number of fused-ring (bicyclic) bond motifs is 1. The molecule has 104 valence electrons. The number of likely N-dealkylation sites (tertiary alicyclic amines) is 1. The number of hydrogen-bond acceptors (Lipinski definition) is 4. The van der Waals surface area contributed by atoms with E-state index in [1.807, 2.05) is 0 Å². The van der Waals surface area contributed by atoms with Gasteiger partial charge in [0, 0.05) is 31.3 Å². The summed E-state index contributed by atoms with van der Waals surface area (Å²) in [5.41, 5.74) is 1.93. The van der Waals surface area contributed by atoms with Gasteiger partial charge in [0.2, 0.25) is 11.8 Å². The average molecular weight is 274 g/mol. The van der Waals surface area contributed by atoms with Gasteiger partial charge in [-0.15, -0.1) is 0 Å². The predicted molar refractivity (Wildman–Crippen MR) is 69.9 cm³/mol. The zero-order valence-corrected chi connectivity index (χ0v) is 11.0. The lowest BCUT2D eigenvalue weighted by atomic mass is 10.1. The van der Waals surface area contributed by atoms with Crippen LogP contribution in [0.5, 0.6) is 0 Å². The van der Waals surface area contributed by atoms with Crippen molar-refractivity contribution in [3.8, 4) is 0 Å². The molecule has 1 fully saturated rings. The van der Waals surface area contributed by atoms with Gasteiger partial charge in [0.25, 0.3) is 0 Å². The van der Waals surface area contributed by atoms with E-state index in [0.717, 1.165) is 5.56 Å². The third-order valence-corrected chi connectivity index (χ3v) is 3.66. The number of benzene rings is 1. The second-order valence-corrected chi connectivity index (χ2v) is 5.11. The highest BCUT2D eigenvalue weighted by Gasteiger charge is 2.32. The SMILES string of the molecule is CN1C[C@H](C(=O)Nc2ccc3c(c2)COC3=O)CC1=O. The minimum Gasteiger partial charge on any atom is -0.457 e. The lowest BCUT2D eigenvalue weighted by Crippen LogP contribution is -2.25. The number of carbonyl (C=O) groups is 3. The summed E-state index contributed by atoms with van der Waals surface area (Å²) < 4.78 is 4.91. The fraction of sp³-hybridized carbons (Fsp3) is 0.357. The molecule has 3 rings (SSSR count). The standard InChI is InChI=1S/C14H14N2O4/c1-16-6-8(5-12(16)17)13(18)15-10-2-3-11-9(4-10)7-20-14(11)19/h2-4,8H,5-7H2,1H3,(H,15,18)/t8-/m1/s1. The average Bonchev–Trinajstić information content (AvgIpc) is 2.94. The molecule has 1 aromatic rings. The molecule has 20 heavy (non-hydrogen) atoms. The summed E-state index contributed by atoms with van der Waals surface area (Å²) in [6.45, 7) is 0.680. The van der Waals surface area contributed by atoms with Crippen molar-refractivity contribution in [2.45, 2.75) is 13.0 Å². The van der Waals surface area contributed by atoms with Crippen LogP contribution in [0.2, 0.25) is 0 Å². The Bertz CT molecular complexity index is 611. The second-order valence-electron chi connectivity index (χ2n) is 5.11. The molecule has 2 aliphatic heterocycles. The molecule has 1 saturated heterocycles. The van der Waals surface area contributed by atoms with Crippen LogP contribution in [0, 0.1) is 5.92 Å². The molecule has 0 aromatic heterocycles. The van der Waals surface area contributed by atoms with E-state index in [-0.39, 0.29) is 36.7 Å². The summed E-state index contributed by atoms with van der Waals surface area (Å²) in [7, 11) is 1.69. The highest BCUT2D eigenvalue weighted by Crippen LogP contribution is 2.24. The second kappa shape index (κ2) is 4.63. The summed E-state index contributed by atoms with van der Waals surface area (Å²) in [5.74, 6) is -0.842. The van der Waals surface area contributed by atoms with Gasteiger partial charge in [-0.25, -0.2) is 4.79 Å². The number of carbonyl (C=O) groups excluding carboxylic acids is 3. The quantitative estimate of drug-likeness (QED) is 0.808. The number of esters is 1. The number of amides is 2. The molecule has 1 atom stereocenters. The van der Waals surface area contributed by atoms with Gasteiger partial charge in [0.15, 0.2) is 0 Å². The molecule has 1 N–H and O–H groups in total. The van der Waals surface area contributed by atoms with Crippen LogP contribution in [0.4, 0.5) is 5.69 Å². The number of ether oxygens (including phenoxy) is 1. The van der Waals surface area contributed by atoms with Crippen molar-refractivity contribution in [2.75, 3.05) is 18.9 Å². The number of rotatable bonds is 2. The van der Waals surface area contributed by atoms with Crippen LogP contribution in [0.3, 0.4) is 0 Å². The van der Waals surface area contributed by atoms with Crippen LogP contribution in [-0.2, 0) is 20.9 Å². The van der Waals surface area contributed by atoms with Crippen molar-refractivity contribution in [3.63, 3.8) is 0 Å². The van der Waals surface area contributed by atoms with E-state index in [1.54, 1.807) is 30.1 Å². The molecule has 2 amide bonds. The Labute approximate surface area is 115 Å². The Kier molecular flexibility index (Phi) is 2.93. The number of nitrogens with one attached hydrogen (secondary N) is 1. The Balaban J connectivity index is 1.71. The van der Waals surface area contributed by atoms with E-state index in [4.69, 9.17) is 4.74 Å². The fourth-order valence-corrected chi connectivity index (χ4v) is 2.49. The van der Waals surface area contributed by atoms with E-state index in [2.05, 4.69) is 5.32 Å². The van der Waals surface area contributed by atoms with Crippen LogP contribution < -0.4 is 5.32 Å². The maximum absolute atomic E-state index is 12.1. The maximum atomic E-state index is 12.1. The Hall–Kier alpha value is -2.37. The third kappa shape index (κ3) is 2.13. The molecule has 6 nitrogen and oxygen atoms in total. The van der Waals surface area contributed by atoms with Crippen molar-refractivity contribution < 1.29 is 19.1 Å². The third-order valence-electron chi connectivity index (χ3n) is 3.66. The first kappa shape index (κ1) is 12.7. The van der Waals surface area contributed by atoms with E-state index < -0.39 is 0 Å². The Morgan fingerprint density at radius 1 is 1.40 bits per heavy atom. The Morgan fingerprint density at radius 2 is 2.20 bits per heavy atom. The zero-order chi connectivity index (χ0) is 14.3. The van der Waals surface area contributed by atoms with Gasteiger partial charge in [-0.1, -0.05) is 0 Å². The maximum Gasteiger partial charge on any atom is 0.338 e.